The minimum atomic E-state index is -0.122. The van der Waals surface area contributed by atoms with E-state index in [0.29, 0.717) is 18.7 Å². The molecule has 1 atom stereocenters. The quantitative estimate of drug-likeness (QED) is 0.602. The molecule has 146 valence electrons. The van der Waals surface area contributed by atoms with E-state index in [4.69, 9.17) is 0 Å². The number of amides is 1. The van der Waals surface area contributed by atoms with Gasteiger partial charge in [0.2, 0.25) is 5.91 Å². The van der Waals surface area contributed by atoms with Crippen LogP contribution >= 0.6 is 11.8 Å². The van der Waals surface area contributed by atoms with Crippen LogP contribution in [0.1, 0.15) is 37.1 Å². The zero-order chi connectivity index (χ0) is 19.5. The highest BCUT2D eigenvalue weighted by atomic mass is 32.2. The molecule has 2 N–H and O–H groups in total. The molecule has 6 nitrogen and oxygen atoms in total. The molecule has 1 aromatic carbocycles. The third kappa shape index (κ3) is 3.85. The summed E-state index contributed by atoms with van der Waals surface area (Å²) in [5.41, 5.74) is 3.10. The molecule has 0 fully saturated rings. The molecule has 4 rings (SSSR count). The van der Waals surface area contributed by atoms with Crippen molar-refractivity contribution in [3.05, 3.63) is 58.1 Å². The molecule has 1 unspecified atom stereocenters. The van der Waals surface area contributed by atoms with Gasteiger partial charge in [0.1, 0.15) is 0 Å². The molecule has 0 aliphatic carbocycles. The van der Waals surface area contributed by atoms with Crippen molar-refractivity contribution >= 4 is 28.6 Å². The first-order valence-corrected chi connectivity index (χ1v) is 10.7. The van der Waals surface area contributed by atoms with Crippen LogP contribution in [0.5, 0.6) is 0 Å². The fraction of sp³-hybridized carbons (Fsp3) is 0.381. The van der Waals surface area contributed by atoms with Gasteiger partial charge in [0.05, 0.1) is 6.04 Å². The third-order valence-corrected chi connectivity index (χ3v) is 6.16. The Morgan fingerprint density at radius 2 is 2.21 bits per heavy atom. The van der Waals surface area contributed by atoms with Crippen LogP contribution in [0, 0.1) is 0 Å². The summed E-state index contributed by atoms with van der Waals surface area (Å²) in [5.74, 6) is 0.691. The highest BCUT2D eigenvalue weighted by Crippen LogP contribution is 2.32. The Morgan fingerprint density at radius 1 is 1.36 bits per heavy atom. The van der Waals surface area contributed by atoms with Gasteiger partial charge in [0.25, 0.3) is 5.56 Å². The SMILES string of the molecule is CCCc1cc(=O)n2c(n1)SCC2CC(=O)NCCc1c[nH]c2ccccc12. The summed E-state index contributed by atoms with van der Waals surface area (Å²) in [4.78, 5) is 32.7. The van der Waals surface area contributed by atoms with Gasteiger partial charge >= 0.3 is 0 Å². The molecule has 0 saturated carbocycles. The van der Waals surface area contributed by atoms with Crippen LogP contribution in [0.2, 0.25) is 0 Å². The molecule has 0 bridgehead atoms. The average molecular weight is 397 g/mol. The molecular weight excluding hydrogens is 372 g/mol. The lowest BCUT2D eigenvalue weighted by Crippen LogP contribution is -2.31. The first kappa shape index (κ1) is 18.8. The minimum Gasteiger partial charge on any atom is -0.361 e. The summed E-state index contributed by atoms with van der Waals surface area (Å²) in [7, 11) is 0. The largest absolute Gasteiger partial charge is 0.361 e. The Hall–Kier alpha value is -2.54. The van der Waals surface area contributed by atoms with Crippen LogP contribution in [0.3, 0.4) is 0 Å². The number of carbonyl (C=O) groups excluding carboxylic acids is 1. The number of benzene rings is 1. The first-order chi connectivity index (χ1) is 13.7. The van der Waals surface area contributed by atoms with Crippen LogP contribution in [0.25, 0.3) is 10.9 Å². The van der Waals surface area contributed by atoms with Gasteiger partial charge in [-0.3, -0.25) is 14.2 Å². The van der Waals surface area contributed by atoms with Crippen LogP contribution in [0.4, 0.5) is 0 Å². The second-order valence-corrected chi connectivity index (χ2v) is 8.10. The zero-order valence-corrected chi connectivity index (χ0v) is 16.7. The number of hydrogen-bond donors (Lipinski definition) is 2. The van der Waals surface area contributed by atoms with Crippen molar-refractivity contribution in [2.45, 2.75) is 43.8 Å². The standard InChI is InChI=1S/C21H24N4O2S/c1-2-5-15-10-20(27)25-16(13-28-21(25)24-15)11-19(26)22-9-8-14-12-23-18-7-4-3-6-17(14)18/h3-4,6-7,10,12,16,23H,2,5,8-9,11,13H2,1H3,(H,22,26). The van der Waals surface area contributed by atoms with Gasteiger partial charge in [0, 0.05) is 47.6 Å². The molecule has 0 radical (unpaired) electrons. The lowest BCUT2D eigenvalue weighted by Gasteiger charge is -2.13. The number of aromatic amines is 1. The molecule has 28 heavy (non-hydrogen) atoms. The molecule has 3 heterocycles. The highest BCUT2D eigenvalue weighted by Gasteiger charge is 2.27. The lowest BCUT2D eigenvalue weighted by molar-refractivity contribution is -0.121. The molecular formula is C21H24N4O2S. The minimum absolute atomic E-state index is 0.0252. The van der Waals surface area contributed by atoms with Crippen molar-refractivity contribution in [1.29, 1.82) is 0 Å². The second-order valence-electron chi connectivity index (χ2n) is 7.12. The molecule has 3 aromatic rings. The summed E-state index contributed by atoms with van der Waals surface area (Å²) in [6.07, 6.45) is 4.85. The Kier molecular flexibility index (Phi) is 5.52. The van der Waals surface area contributed by atoms with Gasteiger partial charge in [-0.05, 0) is 24.5 Å². The number of thioether (sulfide) groups is 1. The Morgan fingerprint density at radius 3 is 3.07 bits per heavy atom. The molecule has 1 aliphatic rings. The van der Waals surface area contributed by atoms with Crippen LogP contribution in [-0.4, -0.2) is 32.7 Å². The molecule has 0 saturated heterocycles. The van der Waals surface area contributed by atoms with Crippen LogP contribution in [-0.2, 0) is 17.6 Å². The third-order valence-electron chi connectivity index (χ3n) is 5.06. The predicted molar refractivity (Wildman–Crippen MR) is 112 cm³/mol. The predicted octanol–water partition coefficient (Wildman–Crippen LogP) is 3.07. The van der Waals surface area contributed by atoms with E-state index < -0.39 is 0 Å². The van der Waals surface area contributed by atoms with Gasteiger partial charge in [-0.15, -0.1) is 0 Å². The van der Waals surface area contributed by atoms with E-state index in [-0.39, 0.29) is 17.5 Å². The van der Waals surface area contributed by atoms with E-state index in [0.717, 1.165) is 35.6 Å². The highest BCUT2D eigenvalue weighted by molar-refractivity contribution is 7.99. The van der Waals surface area contributed by atoms with Gasteiger partial charge in [-0.25, -0.2) is 4.98 Å². The van der Waals surface area contributed by atoms with Crippen molar-refractivity contribution in [2.24, 2.45) is 0 Å². The fourth-order valence-corrected chi connectivity index (χ4v) is 4.86. The van der Waals surface area contributed by atoms with Crippen molar-refractivity contribution in [3.63, 3.8) is 0 Å². The van der Waals surface area contributed by atoms with Gasteiger partial charge in [-0.2, -0.15) is 0 Å². The number of rotatable bonds is 7. The van der Waals surface area contributed by atoms with E-state index in [1.165, 1.54) is 10.9 Å². The van der Waals surface area contributed by atoms with Crippen LogP contribution < -0.4 is 10.9 Å². The number of fused-ring (bicyclic) bond motifs is 2. The van der Waals surface area contributed by atoms with E-state index in [2.05, 4.69) is 28.3 Å². The number of hydrogen-bond acceptors (Lipinski definition) is 4. The summed E-state index contributed by atoms with van der Waals surface area (Å²) >= 11 is 1.56. The molecule has 2 aromatic heterocycles. The molecule has 1 aliphatic heterocycles. The number of H-pyrrole nitrogens is 1. The molecule has 1 amide bonds. The maximum Gasteiger partial charge on any atom is 0.254 e. The van der Waals surface area contributed by atoms with Gasteiger partial charge in [0.15, 0.2) is 5.16 Å². The number of aromatic nitrogens is 3. The molecule has 0 spiro atoms. The van der Waals surface area contributed by atoms with E-state index in [1.54, 1.807) is 22.4 Å². The van der Waals surface area contributed by atoms with Crippen molar-refractivity contribution in [1.82, 2.24) is 19.9 Å². The summed E-state index contributed by atoms with van der Waals surface area (Å²) in [6, 6.07) is 9.64. The number of para-hydroxylation sites is 1. The van der Waals surface area contributed by atoms with Gasteiger partial charge in [-0.1, -0.05) is 43.3 Å². The monoisotopic (exact) mass is 396 g/mol. The van der Waals surface area contributed by atoms with Crippen molar-refractivity contribution in [2.75, 3.05) is 12.3 Å². The van der Waals surface area contributed by atoms with Gasteiger partial charge < -0.3 is 10.3 Å². The van der Waals surface area contributed by atoms with Crippen molar-refractivity contribution < 1.29 is 4.79 Å². The van der Waals surface area contributed by atoms with Crippen LogP contribution in [0.15, 0.2) is 46.5 Å². The number of aryl methyl sites for hydroxylation is 1. The maximum atomic E-state index is 12.5. The smallest absolute Gasteiger partial charge is 0.254 e. The lowest BCUT2D eigenvalue weighted by atomic mass is 10.1. The topological polar surface area (TPSA) is 79.8 Å². The summed E-state index contributed by atoms with van der Waals surface area (Å²) in [5, 5.41) is 4.93. The Labute approximate surface area is 167 Å². The first-order valence-electron chi connectivity index (χ1n) is 9.72. The zero-order valence-electron chi connectivity index (χ0n) is 15.9. The van der Waals surface area contributed by atoms with E-state index in [9.17, 15) is 9.59 Å². The average Bonchev–Trinajstić information content (AvgIpc) is 3.27. The summed E-state index contributed by atoms with van der Waals surface area (Å²) in [6.45, 7) is 2.65. The Bertz CT molecular complexity index is 1060. The fourth-order valence-electron chi connectivity index (χ4n) is 3.69. The number of nitrogens with zero attached hydrogens (tertiary/aromatic N) is 2. The number of nitrogens with one attached hydrogen (secondary N) is 2. The molecule has 7 heteroatoms. The van der Waals surface area contributed by atoms with Crippen molar-refractivity contribution in [3.8, 4) is 0 Å². The number of carbonyl (C=O) groups is 1. The summed E-state index contributed by atoms with van der Waals surface area (Å²) < 4.78 is 1.68. The Balaban J connectivity index is 1.35. The maximum absolute atomic E-state index is 12.5. The normalized spacial score (nSPS) is 15.7. The second kappa shape index (κ2) is 8.22. The van der Waals surface area contributed by atoms with E-state index >= 15 is 0 Å². The van der Waals surface area contributed by atoms with E-state index in [1.807, 2.05) is 24.4 Å².